The molecule has 1 heterocycles. The van der Waals surface area contributed by atoms with Crippen LogP contribution in [0, 0.1) is 5.92 Å². The summed E-state index contributed by atoms with van der Waals surface area (Å²) in [7, 11) is 0. The van der Waals surface area contributed by atoms with Gasteiger partial charge in [0.05, 0.1) is 12.1 Å². The fraction of sp³-hybridized carbons (Fsp3) is 0.636. The molecule has 1 aromatic rings. The third-order valence-electron chi connectivity index (χ3n) is 3.22. The average molecular weight is 252 g/mol. The van der Waals surface area contributed by atoms with E-state index in [0.717, 1.165) is 12.8 Å². The minimum Gasteiger partial charge on any atom is -0.481 e. The molecule has 1 fully saturated rings. The van der Waals surface area contributed by atoms with Gasteiger partial charge < -0.3 is 10.4 Å². The molecule has 0 aliphatic heterocycles. The first-order chi connectivity index (χ1) is 8.65. The lowest BCUT2D eigenvalue weighted by Gasteiger charge is -2.26. The summed E-state index contributed by atoms with van der Waals surface area (Å²) in [6.07, 6.45) is 5.85. The summed E-state index contributed by atoms with van der Waals surface area (Å²) in [5.41, 5.74) is 0. The molecule has 0 spiro atoms. The van der Waals surface area contributed by atoms with Gasteiger partial charge in [0, 0.05) is 12.2 Å². The van der Waals surface area contributed by atoms with Crippen LogP contribution in [0.25, 0.3) is 0 Å². The van der Waals surface area contributed by atoms with Gasteiger partial charge in [-0.2, -0.15) is 0 Å². The number of aromatic nitrogens is 3. The first-order valence-electron chi connectivity index (χ1n) is 6.01. The van der Waals surface area contributed by atoms with Crippen molar-refractivity contribution in [3.8, 4) is 0 Å². The Morgan fingerprint density at radius 2 is 2.06 bits per heavy atom. The standard InChI is InChI=1S/C11H16N4O3/c16-10(7-15-6-5-12-14-15)13-9-3-1-8(2-4-9)11(17)18/h5-6,8-9H,1-4,7H2,(H,13,16)(H,17,18). The van der Waals surface area contributed by atoms with Gasteiger partial charge in [0.1, 0.15) is 6.54 Å². The number of aliphatic carboxylic acids is 1. The van der Waals surface area contributed by atoms with E-state index in [1.807, 2.05) is 0 Å². The van der Waals surface area contributed by atoms with Crippen LogP contribution in [0.1, 0.15) is 25.7 Å². The van der Waals surface area contributed by atoms with Gasteiger partial charge in [0.15, 0.2) is 0 Å². The van der Waals surface area contributed by atoms with Crippen LogP contribution in [0.3, 0.4) is 0 Å². The molecule has 1 amide bonds. The summed E-state index contributed by atoms with van der Waals surface area (Å²) in [5, 5.41) is 19.1. The molecule has 0 radical (unpaired) electrons. The van der Waals surface area contributed by atoms with E-state index in [0.29, 0.717) is 12.8 Å². The Kier molecular flexibility index (Phi) is 3.91. The highest BCUT2D eigenvalue weighted by molar-refractivity contribution is 5.76. The van der Waals surface area contributed by atoms with Gasteiger partial charge in [-0.05, 0) is 25.7 Å². The predicted molar refractivity (Wildman–Crippen MR) is 61.5 cm³/mol. The zero-order valence-corrected chi connectivity index (χ0v) is 9.95. The lowest BCUT2D eigenvalue weighted by atomic mass is 9.86. The minimum atomic E-state index is -0.734. The SMILES string of the molecule is O=C(Cn1ccnn1)NC1CCC(C(=O)O)CC1. The van der Waals surface area contributed by atoms with Crippen LogP contribution in [0.2, 0.25) is 0 Å². The second kappa shape index (κ2) is 5.61. The highest BCUT2D eigenvalue weighted by Gasteiger charge is 2.26. The maximum atomic E-state index is 11.7. The number of carbonyl (C=O) groups excluding carboxylic acids is 1. The van der Waals surface area contributed by atoms with Crippen molar-refractivity contribution in [1.82, 2.24) is 20.3 Å². The molecule has 2 rings (SSSR count). The van der Waals surface area contributed by atoms with Crippen molar-refractivity contribution in [1.29, 1.82) is 0 Å². The second-order valence-corrected chi connectivity index (χ2v) is 4.55. The molecule has 0 aromatic carbocycles. The van der Waals surface area contributed by atoms with Crippen molar-refractivity contribution in [2.24, 2.45) is 5.92 Å². The van der Waals surface area contributed by atoms with Crippen LogP contribution >= 0.6 is 0 Å². The number of nitrogens with one attached hydrogen (secondary N) is 1. The summed E-state index contributed by atoms with van der Waals surface area (Å²) in [5.74, 6) is -1.10. The van der Waals surface area contributed by atoms with E-state index in [2.05, 4.69) is 15.6 Å². The molecule has 0 saturated heterocycles. The Balaban J connectivity index is 1.74. The number of nitrogens with zero attached hydrogens (tertiary/aromatic N) is 3. The normalized spacial score (nSPS) is 23.6. The van der Waals surface area contributed by atoms with E-state index in [1.54, 1.807) is 6.20 Å². The van der Waals surface area contributed by atoms with Crippen molar-refractivity contribution >= 4 is 11.9 Å². The molecule has 18 heavy (non-hydrogen) atoms. The molecule has 1 aromatic heterocycles. The smallest absolute Gasteiger partial charge is 0.306 e. The molecule has 1 aliphatic rings. The van der Waals surface area contributed by atoms with Crippen LogP contribution in [0.4, 0.5) is 0 Å². The van der Waals surface area contributed by atoms with E-state index in [9.17, 15) is 9.59 Å². The molecule has 98 valence electrons. The van der Waals surface area contributed by atoms with Gasteiger partial charge in [-0.1, -0.05) is 5.21 Å². The predicted octanol–water partition coefficient (Wildman–Crippen LogP) is 0.0377. The number of amides is 1. The number of rotatable bonds is 4. The fourth-order valence-corrected chi connectivity index (χ4v) is 2.22. The maximum absolute atomic E-state index is 11.7. The quantitative estimate of drug-likeness (QED) is 0.788. The number of carboxylic acid groups (broad SMARTS) is 1. The highest BCUT2D eigenvalue weighted by Crippen LogP contribution is 2.24. The van der Waals surface area contributed by atoms with Gasteiger partial charge in [-0.25, -0.2) is 4.68 Å². The fourth-order valence-electron chi connectivity index (χ4n) is 2.22. The molecule has 1 aliphatic carbocycles. The maximum Gasteiger partial charge on any atom is 0.306 e. The lowest BCUT2D eigenvalue weighted by Crippen LogP contribution is -2.40. The average Bonchev–Trinajstić information content (AvgIpc) is 2.82. The Morgan fingerprint density at radius 3 is 2.61 bits per heavy atom. The number of hydrogen-bond acceptors (Lipinski definition) is 4. The minimum absolute atomic E-state index is 0.0802. The molecule has 0 atom stereocenters. The van der Waals surface area contributed by atoms with Gasteiger partial charge >= 0.3 is 5.97 Å². The zero-order valence-electron chi connectivity index (χ0n) is 9.95. The molecule has 0 bridgehead atoms. The molecule has 7 nitrogen and oxygen atoms in total. The summed E-state index contributed by atoms with van der Waals surface area (Å²) in [6, 6.07) is 0.0802. The Morgan fingerprint density at radius 1 is 1.33 bits per heavy atom. The van der Waals surface area contributed by atoms with Crippen molar-refractivity contribution in [2.75, 3.05) is 0 Å². The van der Waals surface area contributed by atoms with Crippen molar-refractivity contribution in [2.45, 2.75) is 38.3 Å². The molecule has 7 heteroatoms. The van der Waals surface area contributed by atoms with E-state index < -0.39 is 5.97 Å². The van der Waals surface area contributed by atoms with Crippen molar-refractivity contribution in [3.05, 3.63) is 12.4 Å². The van der Waals surface area contributed by atoms with Gasteiger partial charge in [0.25, 0.3) is 0 Å². The van der Waals surface area contributed by atoms with Crippen LogP contribution in [-0.2, 0) is 16.1 Å². The Hall–Kier alpha value is -1.92. The van der Waals surface area contributed by atoms with Gasteiger partial charge in [0.2, 0.25) is 5.91 Å². The topological polar surface area (TPSA) is 97.1 Å². The molecular weight excluding hydrogens is 236 g/mol. The monoisotopic (exact) mass is 252 g/mol. The first-order valence-corrected chi connectivity index (χ1v) is 6.01. The zero-order chi connectivity index (χ0) is 13.0. The van der Waals surface area contributed by atoms with E-state index in [1.165, 1.54) is 10.9 Å². The van der Waals surface area contributed by atoms with E-state index >= 15 is 0 Å². The van der Waals surface area contributed by atoms with E-state index in [4.69, 9.17) is 5.11 Å². The first kappa shape index (κ1) is 12.5. The Labute approximate surface area is 104 Å². The van der Waals surface area contributed by atoms with Gasteiger partial charge in [-0.15, -0.1) is 5.10 Å². The summed E-state index contributed by atoms with van der Waals surface area (Å²) in [4.78, 5) is 22.5. The third-order valence-corrected chi connectivity index (χ3v) is 3.22. The van der Waals surface area contributed by atoms with Crippen LogP contribution in [-0.4, -0.2) is 38.0 Å². The molecular formula is C11H16N4O3. The highest BCUT2D eigenvalue weighted by atomic mass is 16.4. The number of carbonyl (C=O) groups is 2. The largest absolute Gasteiger partial charge is 0.481 e. The number of carboxylic acids is 1. The summed E-state index contributed by atoms with van der Waals surface area (Å²) in [6.45, 7) is 0.152. The summed E-state index contributed by atoms with van der Waals surface area (Å²) < 4.78 is 1.46. The Bertz CT molecular complexity index is 410. The number of hydrogen-bond donors (Lipinski definition) is 2. The molecule has 1 saturated carbocycles. The van der Waals surface area contributed by atoms with Crippen molar-refractivity contribution in [3.63, 3.8) is 0 Å². The second-order valence-electron chi connectivity index (χ2n) is 4.55. The lowest BCUT2D eigenvalue weighted by molar-refractivity contribution is -0.142. The summed E-state index contributed by atoms with van der Waals surface area (Å²) >= 11 is 0. The molecule has 2 N–H and O–H groups in total. The van der Waals surface area contributed by atoms with Crippen molar-refractivity contribution < 1.29 is 14.7 Å². The van der Waals surface area contributed by atoms with Gasteiger partial charge in [-0.3, -0.25) is 9.59 Å². The van der Waals surface area contributed by atoms with Crippen LogP contribution < -0.4 is 5.32 Å². The van der Waals surface area contributed by atoms with Crippen LogP contribution in [0.5, 0.6) is 0 Å². The molecule has 0 unspecified atom stereocenters. The third kappa shape index (κ3) is 3.28. The van der Waals surface area contributed by atoms with E-state index in [-0.39, 0.29) is 24.4 Å². The van der Waals surface area contributed by atoms with Crippen LogP contribution in [0.15, 0.2) is 12.4 Å².